The Morgan fingerprint density at radius 3 is 2.55 bits per heavy atom. The number of para-hydroxylation sites is 3. The van der Waals surface area contributed by atoms with Crippen LogP contribution in [0.2, 0.25) is 0 Å². The number of amides is 1. The molecule has 2 heterocycles. The lowest BCUT2D eigenvalue weighted by Crippen LogP contribution is -2.25. The van der Waals surface area contributed by atoms with Crippen molar-refractivity contribution in [3.63, 3.8) is 0 Å². The molecule has 5 heteroatoms. The van der Waals surface area contributed by atoms with Gasteiger partial charge >= 0.3 is 0 Å². The monoisotopic (exact) mass is 439 g/mol. The largest absolute Gasteiger partial charge is 0.491 e. The van der Waals surface area contributed by atoms with Gasteiger partial charge in [0.15, 0.2) is 0 Å². The van der Waals surface area contributed by atoms with Crippen LogP contribution in [-0.4, -0.2) is 28.6 Å². The molecule has 0 N–H and O–H groups in total. The third-order valence-electron chi connectivity index (χ3n) is 6.71. The first-order valence-corrected chi connectivity index (χ1v) is 11.5. The molecule has 1 fully saturated rings. The first kappa shape index (κ1) is 21.3. The molecule has 1 atom stereocenters. The SMILES string of the molecule is Cc1ccccc1OCCn1c([C@@H]2CC(=O)N(c3cccc(C)c3C)C2)nc2ccccc21. The summed E-state index contributed by atoms with van der Waals surface area (Å²) in [5.74, 6) is 2.07. The summed E-state index contributed by atoms with van der Waals surface area (Å²) in [6, 6.07) is 22.4. The third-order valence-corrected chi connectivity index (χ3v) is 6.71. The Kier molecular flexibility index (Phi) is 5.63. The fourth-order valence-corrected chi connectivity index (χ4v) is 4.75. The Morgan fingerprint density at radius 2 is 1.70 bits per heavy atom. The van der Waals surface area contributed by atoms with Crippen molar-refractivity contribution in [1.82, 2.24) is 9.55 Å². The molecule has 3 aromatic carbocycles. The number of nitrogens with zero attached hydrogens (tertiary/aromatic N) is 3. The highest BCUT2D eigenvalue weighted by Crippen LogP contribution is 2.35. The third kappa shape index (κ3) is 3.99. The maximum Gasteiger partial charge on any atom is 0.227 e. The minimum Gasteiger partial charge on any atom is -0.491 e. The van der Waals surface area contributed by atoms with Crippen LogP contribution in [0, 0.1) is 20.8 Å². The van der Waals surface area contributed by atoms with Gasteiger partial charge < -0.3 is 14.2 Å². The van der Waals surface area contributed by atoms with Crippen LogP contribution in [0.4, 0.5) is 5.69 Å². The number of ether oxygens (including phenoxy) is 1. The molecule has 0 radical (unpaired) electrons. The summed E-state index contributed by atoms with van der Waals surface area (Å²) >= 11 is 0. The minimum absolute atomic E-state index is 0.0447. The summed E-state index contributed by atoms with van der Waals surface area (Å²) in [5, 5.41) is 0. The van der Waals surface area contributed by atoms with E-state index in [0.29, 0.717) is 26.1 Å². The van der Waals surface area contributed by atoms with Crippen molar-refractivity contribution in [2.24, 2.45) is 0 Å². The molecule has 0 saturated carbocycles. The lowest BCUT2D eigenvalue weighted by molar-refractivity contribution is -0.117. The van der Waals surface area contributed by atoms with E-state index in [9.17, 15) is 4.79 Å². The zero-order valence-corrected chi connectivity index (χ0v) is 19.4. The smallest absolute Gasteiger partial charge is 0.227 e. The summed E-state index contributed by atoms with van der Waals surface area (Å²) in [4.78, 5) is 19.9. The molecule has 1 saturated heterocycles. The normalized spacial score (nSPS) is 16.0. The van der Waals surface area contributed by atoms with Crippen molar-refractivity contribution >= 4 is 22.6 Å². The zero-order chi connectivity index (χ0) is 22.9. The van der Waals surface area contributed by atoms with E-state index in [-0.39, 0.29) is 11.8 Å². The highest BCUT2D eigenvalue weighted by molar-refractivity contribution is 5.97. The maximum atomic E-state index is 13.0. The Bertz CT molecular complexity index is 1320. The highest BCUT2D eigenvalue weighted by atomic mass is 16.5. The van der Waals surface area contributed by atoms with E-state index in [1.165, 1.54) is 5.56 Å². The predicted molar refractivity (Wildman–Crippen MR) is 132 cm³/mol. The van der Waals surface area contributed by atoms with Gasteiger partial charge in [0.25, 0.3) is 0 Å². The van der Waals surface area contributed by atoms with E-state index in [0.717, 1.165) is 39.4 Å². The summed E-state index contributed by atoms with van der Waals surface area (Å²) in [6.07, 6.45) is 0.468. The molecule has 4 aromatic rings. The number of benzene rings is 3. The van der Waals surface area contributed by atoms with Gasteiger partial charge in [-0.05, 0) is 61.7 Å². The van der Waals surface area contributed by atoms with Crippen molar-refractivity contribution in [3.05, 3.63) is 89.2 Å². The van der Waals surface area contributed by atoms with E-state index in [1.54, 1.807) is 0 Å². The van der Waals surface area contributed by atoms with Gasteiger partial charge in [0.05, 0.1) is 17.6 Å². The number of fused-ring (bicyclic) bond motifs is 1. The summed E-state index contributed by atoms with van der Waals surface area (Å²) < 4.78 is 8.33. The number of hydrogen-bond acceptors (Lipinski definition) is 3. The Balaban J connectivity index is 1.43. The van der Waals surface area contributed by atoms with Gasteiger partial charge in [-0.25, -0.2) is 4.98 Å². The first-order chi connectivity index (χ1) is 16.0. The molecule has 33 heavy (non-hydrogen) atoms. The van der Waals surface area contributed by atoms with E-state index >= 15 is 0 Å². The van der Waals surface area contributed by atoms with E-state index in [1.807, 2.05) is 53.4 Å². The minimum atomic E-state index is 0.0447. The molecule has 1 amide bonds. The van der Waals surface area contributed by atoms with Crippen LogP contribution in [0.1, 0.15) is 34.9 Å². The van der Waals surface area contributed by atoms with Crippen molar-refractivity contribution in [2.45, 2.75) is 39.7 Å². The molecule has 168 valence electrons. The van der Waals surface area contributed by atoms with E-state index in [4.69, 9.17) is 9.72 Å². The summed E-state index contributed by atoms with van der Waals surface area (Å²) in [6.45, 7) is 8.09. The number of aromatic nitrogens is 2. The van der Waals surface area contributed by atoms with Crippen LogP contribution < -0.4 is 9.64 Å². The molecule has 0 bridgehead atoms. The predicted octanol–water partition coefficient (Wildman–Crippen LogP) is 5.56. The first-order valence-electron chi connectivity index (χ1n) is 11.5. The molecule has 1 aliphatic heterocycles. The van der Waals surface area contributed by atoms with Gasteiger partial charge in [-0.15, -0.1) is 0 Å². The van der Waals surface area contributed by atoms with Crippen molar-refractivity contribution in [2.75, 3.05) is 18.1 Å². The van der Waals surface area contributed by atoms with Crippen LogP contribution in [-0.2, 0) is 11.3 Å². The quantitative estimate of drug-likeness (QED) is 0.395. The standard InChI is InChI=1S/C28H29N3O2/c1-19-10-8-13-24(21(19)3)31-18-22(17-27(31)32)28-29-23-11-5-6-12-25(23)30(28)15-16-33-26-14-7-4-9-20(26)2/h4-14,22H,15-18H2,1-3H3/t22-/m1/s1. The molecule has 0 unspecified atom stereocenters. The zero-order valence-electron chi connectivity index (χ0n) is 19.4. The topological polar surface area (TPSA) is 47.4 Å². The lowest BCUT2D eigenvalue weighted by Gasteiger charge is -2.20. The lowest BCUT2D eigenvalue weighted by atomic mass is 10.1. The number of rotatable bonds is 6. The number of carbonyl (C=O) groups is 1. The van der Waals surface area contributed by atoms with Crippen molar-refractivity contribution < 1.29 is 9.53 Å². The van der Waals surface area contributed by atoms with Crippen LogP contribution in [0.3, 0.4) is 0 Å². The second-order valence-electron chi connectivity index (χ2n) is 8.85. The van der Waals surface area contributed by atoms with Crippen LogP contribution in [0.25, 0.3) is 11.0 Å². The average molecular weight is 440 g/mol. The summed E-state index contributed by atoms with van der Waals surface area (Å²) in [5.41, 5.74) is 6.53. The Morgan fingerprint density at radius 1 is 0.939 bits per heavy atom. The molecule has 0 spiro atoms. The fourth-order valence-electron chi connectivity index (χ4n) is 4.75. The number of imidazole rings is 1. The highest BCUT2D eigenvalue weighted by Gasteiger charge is 2.35. The molecular weight excluding hydrogens is 410 g/mol. The molecule has 5 nitrogen and oxygen atoms in total. The van der Waals surface area contributed by atoms with Crippen LogP contribution >= 0.6 is 0 Å². The number of aryl methyl sites for hydroxylation is 2. The van der Waals surface area contributed by atoms with Gasteiger partial charge in [-0.2, -0.15) is 0 Å². The maximum absolute atomic E-state index is 13.0. The van der Waals surface area contributed by atoms with Crippen LogP contribution in [0.5, 0.6) is 5.75 Å². The Hall–Kier alpha value is -3.60. The van der Waals surface area contributed by atoms with Crippen molar-refractivity contribution in [3.8, 4) is 5.75 Å². The summed E-state index contributed by atoms with van der Waals surface area (Å²) in [7, 11) is 0. The number of hydrogen-bond donors (Lipinski definition) is 0. The second kappa shape index (κ2) is 8.74. The van der Waals surface area contributed by atoms with E-state index < -0.39 is 0 Å². The van der Waals surface area contributed by atoms with Gasteiger partial charge in [0, 0.05) is 24.6 Å². The Labute approximate surface area is 194 Å². The van der Waals surface area contributed by atoms with Crippen molar-refractivity contribution in [1.29, 1.82) is 0 Å². The number of anilines is 1. The van der Waals surface area contributed by atoms with Gasteiger partial charge in [-0.1, -0.05) is 42.5 Å². The molecule has 5 rings (SSSR count). The van der Waals surface area contributed by atoms with Gasteiger partial charge in [0.1, 0.15) is 18.2 Å². The van der Waals surface area contributed by atoms with Gasteiger partial charge in [-0.3, -0.25) is 4.79 Å². The molecular formula is C28H29N3O2. The molecule has 1 aromatic heterocycles. The number of carbonyl (C=O) groups excluding carboxylic acids is 1. The molecule has 0 aliphatic carbocycles. The van der Waals surface area contributed by atoms with Gasteiger partial charge in [0.2, 0.25) is 5.91 Å². The van der Waals surface area contributed by atoms with E-state index in [2.05, 4.69) is 43.5 Å². The fraction of sp³-hybridized carbons (Fsp3) is 0.286. The second-order valence-corrected chi connectivity index (χ2v) is 8.85. The molecule has 1 aliphatic rings. The van der Waals surface area contributed by atoms with Crippen LogP contribution in [0.15, 0.2) is 66.7 Å². The average Bonchev–Trinajstić information content (AvgIpc) is 3.37.